The van der Waals surface area contributed by atoms with Gasteiger partial charge in [0.05, 0.1) is 0 Å². The summed E-state index contributed by atoms with van der Waals surface area (Å²) in [5.41, 5.74) is 27.1. The molecule has 0 bridgehead atoms. The van der Waals surface area contributed by atoms with Gasteiger partial charge in [-0.1, -0.05) is 176 Å². The lowest BCUT2D eigenvalue weighted by atomic mass is 9.95. The van der Waals surface area contributed by atoms with Crippen LogP contribution in [-0.2, 0) is 19.3 Å². The SMILES string of the molecule is c1ccc2c(c1)Cc1cc(-c3ccc4c(c3)Cc3cc(-c5ccc6c(c5)Cc5cc(-c7ccc8cc(-c9ccc%10ccccc%10c9)ccc8c7)ccc5-6)ccc3-4)ccc1-2. The second kappa shape index (κ2) is 12.6. The average Bonchev–Trinajstić information content (AvgIpc) is 3.98. The molecule has 0 saturated carbocycles. The van der Waals surface area contributed by atoms with Gasteiger partial charge in [-0.15, -0.1) is 0 Å². The Morgan fingerprint density at radius 1 is 0.186 bits per heavy atom. The maximum atomic E-state index is 2.44. The summed E-state index contributed by atoms with van der Waals surface area (Å²) in [5.74, 6) is 0. The topological polar surface area (TPSA) is 0 Å². The van der Waals surface area contributed by atoms with Crippen molar-refractivity contribution in [3.8, 4) is 77.9 Å². The van der Waals surface area contributed by atoms with E-state index in [2.05, 4.69) is 194 Å². The molecule has 10 aromatic rings. The van der Waals surface area contributed by atoms with Crippen LogP contribution < -0.4 is 0 Å². The molecule has 0 N–H and O–H groups in total. The largest absolute Gasteiger partial charge is 0.0619 e. The molecular weight excluding hydrogens is 709 g/mol. The standard InChI is InChI=1S/C59H38/c1-2-6-37-25-38(10-9-36(37)5-1)39-11-12-41-27-42(14-13-40(41)26-39)43-16-21-56-50(29-43)34-52-31-46(18-23-57(52)56)47-19-24-59-53(32-47)35-51-30-45(17-22-58(51)59)44-15-20-55-49(28-44)33-48-7-3-4-8-54(48)55/h1-32H,33-35H2. The van der Waals surface area contributed by atoms with E-state index in [0.717, 1.165) is 19.3 Å². The summed E-state index contributed by atoms with van der Waals surface area (Å²) in [5, 5.41) is 5.09. The Balaban J connectivity index is 0.741. The molecule has 59 heavy (non-hydrogen) atoms. The summed E-state index contributed by atoms with van der Waals surface area (Å²) < 4.78 is 0. The quantitative estimate of drug-likeness (QED) is 0.168. The van der Waals surface area contributed by atoms with Crippen LogP contribution in [0.5, 0.6) is 0 Å². The number of rotatable bonds is 4. The molecule has 13 rings (SSSR count). The third-order valence-corrected chi connectivity index (χ3v) is 13.5. The smallest absolute Gasteiger partial charge is 0.00130 e. The van der Waals surface area contributed by atoms with Crippen molar-refractivity contribution in [1.82, 2.24) is 0 Å². The summed E-state index contributed by atoms with van der Waals surface area (Å²) >= 11 is 0. The van der Waals surface area contributed by atoms with Crippen LogP contribution in [-0.4, -0.2) is 0 Å². The number of hydrogen-bond acceptors (Lipinski definition) is 0. The molecule has 0 atom stereocenters. The maximum absolute atomic E-state index is 2.44. The van der Waals surface area contributed by atoms with E-state index >= 15 is 0 Å². The summed E-state index contributed by atoms with van der Waals surface area (Å²) in [7, 11) is 0. The second-order valence-electron chi connectivity index (χ2n) is 16.9. The van der Waals surface area contributed by atoms with Crippen molar-refractivity contribution in [2.24, 2.45) is 0 Å². The van der Waals surface area contributed by atoms with Crippen molar-refractivity contribution in [3.63, 3.8) is 0 Å². The number of hydrogen-bond donors (Lipinski definition) is 0. The normalized spacial score (nSPS) is 12.9. The molecule has 0 nitrogen and oxygen atoms in total. The van der Waals surface area contributed by atoms with E-state index in [1.54, 1.807) is 0 Å². The molecule has 3 aliphatic rings. The van der Waals surface area contributed by atoms with Gasteiger partial charge in [-0.05, 0) is 170 Å². The fraction of sp³-hybridized carbons (Fsp3) is 0.0508. The molecule has 10 aromatic carbocycles. The molecule has 0 saturated heterocycles. The molecule has 274 valence electrons. The van der Waals surface area contributed by atoms with Crippen LogP contribution in [0.4, 0.5) is 0 Å². The first kappa shape index (κ1) is 32.8. The summed E-state index contributed by atoms with van der Waals surface area (Å²) in [6.45, 7) is 0. The Kier molecular flexibility index (Phi) is 7.00. The van der Waals surface area contributed by atoms with Crippen LogP contribution in [0.25, 0.3) is 99.4 Å². The molecule has 0 aliphatic heterocycles. The second-order valence-corrected chi connectivity index (χ2v) is 16.9. The third-order valence-electron chi connectivity index (χ3n) is 13.5. The maximum Gasteiger partial charge on any atom is -0.00130 e. The van der Waals surface area contributed by atoms with Crippen molar-refractivity contribution in [1.29, 1.82) is 0 Å². The van der Waals surface area contributed by atoms with E-state index in [1.807, 2.05) is 0 Å². The van der Waals surface area contributed by atoms with E-state index in [0.29, 0.717) is 0 Å². The molecule has 0 unspecified atom stereocenters. The molecule has 3 aliphatic carbocycles. The molecular formula is C59H38. The minimum Gasteiger partial charge on any atom is -0.0619 e. The lowest BCUT2D eigenvalue weighted by Gasteiger charge is -2.10. The first-order valence-corrected chi connectivity index (χ1v) is 20.9. The van der Waals surface area contributed by atoms with E-state index in [-0.39, 0.29) is 0 Å². The van der Waals surface area contributed by atoms with Gasteiger partial charge in [0.2, 0.25) is 0 Å². The van der Waals surface area contributed by atoms with Crippen molar-refractivity contribution >= 4 is 21.5 Å². The van der Waals surface area contributed by atoms with Gasteiger partial charge >= 0.3 is 0 Å². The zero-order valence-corrected chi connectivity index (χ0v) is 32.6. The van der Waals surface area contributed by atoms with Gasteiger partial charge in [0, 0.05) is 0 Å². The minimum atomic E-state index is 0.961. The fourth-order valence-electron chi connectivity index (χ4n) is 10.4. The average molecular weight is 747 g/mol. The van der Waals surface area contributed by atoms with Crippen LogP contribution in [0, 0.1) is 0 Å². The van der Waals surface area contributed by atoms with Crippen LogP contribution in [0.15, 0.2) is 194 Å². The Morgan fingerprint density at radius 3 is 0.881 bits per heavy atom. The van der Waals surface area contributed by atoms with Crippen LogP contribution in [0.1, 0.15) is 33.4 Å². The first-order chi connectivity index (χ1) is 29.1. The monoisotopic (exact) mass is 746 g/mol. The Labute approximate surface area is 344 Å². The van der Waals surface area contributed by atoms with Gasteiger partial charge in [-0.2, -0.15) is 0 Å². The van der Waals surface area contributed by atoms with E-state index in [4.69, 9.17) is 0 Å². The lowest BCUT2D eigenvalue weighted by molar-refractivity contribution is 1.25. The van der Waals surface area contributed by atoms with Gasteiger partial charge in [-0.25, -0.2) is 0 Å². The predicted molar refractivity (Wildman–Crippen MR) is 248 cm³/mol. The van der Waals surface area contributed by atoms with Crippen molar-refractivity contribution < 1.29 is 0 Å². The fourth-order valence-corrected chi connectivity index (χ4v) is 10.4. The number of fused-ring (bicyclic) bond motifs is 11. The molecule has 0 amide bonds. The Hall–Kier alpha value is -7.28. The highest BCUT2D eigenvalue weighted by Gasteiger charge is 2.23. The molecule has 0 aromatic heterocycles. The third kappa shape index (κ3) is 5.30. The molecule has 0 spiro atoms. The number of benzene rings is 10. The highest BCUT2D eigenvalue weighted by Crippen LogP contribution is 2.45. The predicted octanol–water partition coefficient (Wildman–Crippen LogP) is 15.4. The highest BCUT2D eigenvalue weighted by molar-refractivity contribution is 5.94. The van der Waals surface area contributed by atoms with Crippen molar-refractivity contribution in [3.05, 3.63) is 228 Å². The molecule has 0 heteroatoms. The van der Waals surface area contributed by atoms with Crippen LogP contribution in [0.3, 0.4) is 0 Å². The first-order valence-electron chi connectivity index (χ1n) is 20.9. The van der Waals surface area contributed by atoms with Crippen molar-refractivity contribution in [2.45, 2.75) is 19.3 Å². The van der Waals surface area contributed by atoms with Gasteiger partial charge < -0.3 is 0 Å². The van der Waals surface area contributed by atoms with E-state index < -0.39 is 0 Å². The molecule has 0 heterocycles. The van der Waals surface area contributed by atoms with E-state index in [9.17, 15) is 0 Å². The minimum absolute atomic E-state index is 0.961. The van der Waals surface area contributed by atoms with Gasteiger partial charge in [0.25, 0.3) is 0 Å². The van der Waals surface area contributed by atoms with Crippen LogP contribution in [0.2, 0.25) is 0 Å². The van der Waals surface area contributed by atoms with Crippen molar-refractivity contribution in [2.75, 3.05) is 0 Å². The zero-order chi connectivity index (χ0) is 38.6. The van der Waals surface area contributed by atoms with Gasteiger partial charge in [-0.3, -0.25) is 0 Å². The Bertz CT molecular complexity index is 3410. The summed E-state index contributed by atoms with van der Waals surface area (Å²) in [4.78, 5) is 0. The summed E-state index contributed by atoms with van der Waals surface area (Å²) in [6, 6.07) is 73.4. The lowest BCUT2D eigenvalue weighted by Crippen LogP contribution is -1.87. The van der Waals surface area contributed by atoms with Crippen LogP contribution >= 0.6 is 0 Å². The van der Waals surface area contributed by atoms with Gasteiger partial charge in [0.15, 0.2) is 0 Å². The van der Waals surface area contributed by atoms with Gasteiger partial charge in [0.1, 0.15) is 0 Å². The van der Waals surface area contributed by atoms with E-state index in [1.165, 1.54) is 133 Å². The Morgan fingerprint density at radius 2 is 0.458 bits per heavy atom. The molecule has 0 radical (unpaired) electrons. The molecule has 0 fully saturated rings. The zero-order valence-electron chi connectivity index (χ0n) is 32.6. The summed E-state index contributed by atoms with van der Waals surface area (Å²) in [6.07, 6.45) is 2.96. The highest BCUT2D eigenvalue weighted by atomic mass is 14.3.